The summed E-state index contributed by atoms with van der Waals surface area (Å²) in [5.74, 6) is -1.18. The Kier molecular flexibility index (Phi) is 5.32. The van der Waals surface area contributed by atoms with Crippen LogP contribution >= 0.6 is 23.2 Å². The topological polar surface area (TPSA) is 67.4 Å². The lowest BCUT2D eigenvalue weighted by Crippen LogP contribution is -2.51. The quantitative estimate of drug-likeness (QED) is 0.823. The van der Waals surface area contributed by atoms with Crippen molar-refractivity contribution >= 4 is 35.2 Å². The Hall–Kier alpha value is -1.72. The van der Waals surface area contributed by atoms with Crippen LogP contribution in [0.3, 0.4) is 0 Å². The van der Waals surface area contributed by atoms with Gasteiger partial charge in [0, 0.05) is 5.70 Å². The highest BCUT2D eigenvalue weighted by atomic mass is 35.5. The number of urea groups is 1. The van der Waals surface area contributed by atoms with Gasteiger partial charge in [0.25, 0.3) is 0 Å². The molecule has 2 amide bonds. The summed E-state index contributed by atoms with van der Waals surface area (Å²) in [5.41, 5.74) is 0.949. The SMILES string of the molecule is C=C1NC(=O)N[C@H](c2ccc(Cl)c(Cl)c2)[C@H]1C(=O)OCCC. The third-order valence-electron chi connectivity index (χ3n) is 3.27. The molecule has 5 nitrogen and oxygen atoms in total. The van der Waals surface area contributed by atoms with Crippen LogP contribution in [0.2, 0.25) is 10.0 Å². The number of ether oxygens (including phenoxy) is 1. The summed E-state index contributed by atoms with van der Waals surface area (Å²) in [6.07, 6.45) is 0.710. The third-order valence-corrected chi connectivity index (χ3v) is 4.01. The fourth-order valence-electron chi connectivity index (χ4n) is 2.24. The van der Waals surface area contributed by atoms with E-state index in [2.05, 4.69) is 17.2 Å². The van der Waals surface area contributed by atoms with Crippen LogP contribution in [-0.2, 0) is 9.53 Å². The van der Waals surface area contributed by atoms with Crippen LogP contribution in [0.25, 0.3) is 0 Å². The van der Waals surface area contributed by atoms with Crippen molar-refractivity contribution in [3.63, 3.8) is 0 Å². The van der Waals surface area contributed by atoms with Gasteiger partial charge in [-0.25, -0.2) is 4.79 Å². The predicted molar refractivity (Wildman–Crippen MR) is 84.8 cm³/mol. The number of amides is 2. The average Bonchev–Trinajstić information content (AvgIpc) is 2.46. The van der Waals surface area contributed by atoms with Crippen molar-refractivity contribution < 1.29 is 14.3 Å². The van der Waals surface area contributed by atoms with E-state index in [1.54, 1.807) is 18.2 Å². The van der Waals surface area contributed by atoms with Crippen molar-refractivity contribution in [1.82, 2.24) is 10.6 Å². The lowest BCUT2D eigenvalue weighted by atomic mass is 9.89. The highest BCUT2D eigenvalue weighted by Crippen LogP contribution is 2.33. The number of nitrogens with one attached hydrogen (secondary N) is 2. The molecule has 2 atom stereocenters. The predicted octanol–water partition coefficient (Wildman–Crippen LogP) is 3.43. The van der Waals surface area contributed by atoms with E-state index in [9.17, 15) is 9.59 Å². The highest BCUT2D eigenvalue weighted by molar-refractivity contribution is 6.42. The lowest BCUT2D eigenvalue weighted by molar-refractivity contribution is -0.148. The number of hydrogen-bond donors (Lipinski definition) is 2. The number of esters is 1. The van der Waals surface area contributed by atoms with Crippen LogP contribution in [0.4, 0.5) is 4.79 Å². The fourth-order valence-corrected chi connectivity index (χ4v) is 2.54. The molecule has 0 aromatic heterocycles. The molecule has 2 N–H and O–H groups in total. The zero-order chi connectivity index (χ0) is 16.3. The van der Waals surface area contributed by atoms with Crippen LogP contribution in [0, 0.1) is 5.92 Å². The second-order valence-corrected chi connectivity index (χ2v) is 5.73. The van der Waals surface area contributed by atoms with E-state index in [-0.39, 0.29) is 0 Å². The molecule has 0 aliphatic carbocycles. The van der Waals surface area contributed by atoms with Crippen molar-refractivity contribution in [2.24, 2.45) is 5.92 Å². The zero-order valence-corrected chi connectivity index (χ0v) is 13.5. The van der Waals surface area contributed by atoms with E-state index in [0.717, 1.165) is 0 Å². The normalized spacial score (nSPS) is 21.0. The van der Waals surface area contributed by atoms with Gasteiger partial charge in [-0.15, -0.1) is 0 Å². The molecule has 118 valence electrons. The van der Waals surface area contributed by atoms with Crippen LogP contribution in [-0.4, -0.2) is 18.6 Å². The van der Waals surface area contributed by atoms with Gasteiger partial charge in [-0.3, -0.25) is 4.79 Å². The minimum atomic E-state index is -0.735. The second kappa shape index (κ2) is 7.03. The van der Waals surface area contributed by atoms with Gasteiger partial charge in [0.05, 0.1) is 22.7 Å². The summed E-state index contributed by atoms with van der Waals surface area (Å²) in [6.45, 7) is 5.97. The molecule has 2 rings (SSSR count). The molecule has 0 radical (unpaired) electrons. The van der Waals surface area contributed by atoms with Gasteiger partial charge in [-0.05, 0) is 24.1 Å². The van der Waals surface area contributed by atoms with E-state index >= 15 is 0 Å². The smallest absolute Gasteiger partial charge is 0.319 e. The summed E-state index contributed by atoms with van der Waals surface area (Å²) in [6, 6.07) is 3.90. The first-order valence-corrected chi connectivity index (χ1v) is 7.57. The van der Waals surface area contributed by atoms with E-state index in [1.807, 2.05) is 6.92 Å². The Bertz CT molecular complexity index is 619. The van der Waals surface area contributed by atoms with Gasteiger partial charge in [-0.2, -0.15) is 0 Å². The average molecular weight is 343 g/mol. The molecule has 1 fully saturated rings. The summed E-state index contributed by atoms with van der Waals surface area (Å²) >= 11 is 11.9. The van der Waals surface area contributed by atoms with Crippen LogP contribution in [0.15, 0.2) is 30.5 Å². The van der Waals surface area contributed by atoms with E-state index in [4.69, 9.17) is 27.9 Å². The molecule has 1 heterocycles. The van der Waals surface area contributed by atoms with Crippen LogP contribution in [0.1, 0.15) is 24.9 Å². The summed E-state index contributed by atoms with van der Waals surface area (Å²) in [4.78, 5) is 24.0. The first-order chi connectivity index (χ1) is 10.4. The maximum absolute atomic E-state index is 12.3. The van der Waals surface area contributed by atoms with Crippen molar-refractivity contribution in [3.05, 3.63) is 46.1 Å². The maximum atomic E-state index is 12.3. The first kappa shape index (κ1) is 16.6. The Balaban J connectivity index is 2.33. The second-order valence-electron chi connectivity index (χ2n) is 4.92. The fraction of sp³-hybridized carbons (Fsp3) is 0.333. The summed E-state index contributed by atoms with van der Waals surface area (Å²) < 4.78 is 5.19. The molecule has 1 saturated heterocycles. The molecular weight excluding hydrogens is 327 g/mol. The monoisotopic (exact) mass is 342 g/mol. The van der Waals surface area contributed by atoms with Crippen molar-refractivity contribution in [2.75, 3.05) is 6.61 Å². The van der Waals surface area contributed by atoms with Gasteiger partial charge in [0.2, 0.25) is 0 Å². The van der Waals surface area contributed by atoms with Gasteiger partial charge in [-0.1, -0.05) is 42.8 Å². The lowest BCUT2D eigenvalue weighted by Gasteiger charge is -2.33. The molecule has 1 aromatic carbocycles. The number of hydrogen-bond acceptors (Lipinski definition) is 3. The van der Waals surface area contributed by atoms with Gasteiger partial charge in [0.15, 0.2) is 0 Å². The summed E-state index contributed by atoms with van der Waals surface area (Å²) in [7, 11) is 0. The van der Waals surface area contributed by atoms with Gasteiger partial charge >= 0.3 is 12.0 Å². The molecule has 22 heavy (non-hydrogen) atoms. The zero-order valence-electron chi connectivity index (χ0n) is 12.0. The maximum Gasteiger partial charge on any atom is 0.319 e. The molecule has 7 heteroatoms. The number of carbonyl (C=O) groups excluding carboxylic acids is 2. The molecule has 0 spiro atoms. The number of halogens is 2. The molecule has 0 saturated carbocycles. The standard InChI is InChI=1S/C15H16Cl2N2O3/c1-3-6-22-14(20)12-8(2)18-15(21)19-13(12)9-4-5-10(16)11(17)7-9/h4-5,7,12-13H,2-3,6H2,1H3,(H2,18,19,21)/t12-,13+/m0/s1. The Morgan fingerprint density at radius 3 is 2.73 bits per heavy atom. The van der Waals surface area contributed by atoms with Crippen LogP contribution in [0.5, 0.6) is 0 Å². The molecule has 1 aliphatic heterocycles. The molecular formula is C15H16Cl2N2O3. The van der Waals surface area contributed by atoms with Gasteiger partial charge < -0.3 is 15.4 Å². The summed E-state index contributed by atoms with van der Waals surface area (Å²) in [5, 5.41) is 5.96. The number of rotatable bonds is 4. The highest BCUT2D eigenvalue weighted by Gasteiger charge is 2.38. The largest absolute Gasteiger partial charge is 0.465 e. The van der Waals surface area contributed by atoms with Crippen molar-refractivity contribution in [1.29, 1.82) is 0 Å². The van der Waals surface area contributed by atoms with Gasteiger partial charge in [0.1, 0.15) is 5.92 Å². The Morgan fingerprint density at radius 2 is 2.09 bits per heavy atom. The van der Waals surface area contributed by atoms with Crippen LogP contribution < -0.4 is 10.6 Å². The molecule has 0 bridgehead atoms. The Morgan fingerprint density at radius 1 is 1.36 bits per heavy atom. The number of carbonyl (C=O) groups is 2. The van der Waals surface area contributed by atoms with E-state index in [1.165, 1.54) is 0 Å². The van der Waals surface area contributed by atoms with Crippen molar-refractivity contribution in [3.8, 4) is 0 Å². The van der Waals surface area contributed by atoms with Crippen molar-refractivity contribution in [2.45, 2.75) is 19.4 Å². The Labute approximate surface area is 138 Å². The minimum Gasteiger partial charge on any atom is -0.465 e. The first-order valence-electron chi connectivity index (χ1n) is 6.82. The third kappa shape index (κ3) is 3.54. The molecule has 0 unspecified atom stereocenters. The van der Waals surface area contributed by atoms with E-state index < -0.39 is 24.0 Å². The minimum absolute atomic E-state index is 0.293. The molecule has 1 aromatic rings. The number of benzene rings is 1. The van der Waals surface area contributed by atoms with E-state index in [0.29, 0.717) is 34.3 Å². The molecule has 1 aliphatic rings.